The van der Waals surface area contributed by atoms with Gasteiger partial charge in [0.25, 0.3) is 11.6 Å². The number of ether oxygens (including phenoxy) is 1. The third kappa shape index (κ3) is 4.51. The SMILES string of the molecule is CC1=C(C(=O)Nc2cccc([N+](=O)[O-])c2)C(c2ccccc2OC(F)F)NC(=O)N1. The van der Waals surface area contributed by atoms with Gasteiger partial charge in [-0.25, -0.2) is 4.79 Å². The van der Waals surface area contributed by atoms with E-state index in [9.17, 15) is 28.5 Å². The molecule has 0 aromatic heterocycles. The topological polar surface area (TPSA) is 123 Å². The molecule has 3 N–H and O–H groups in total. The molecule has 0 radical (unpaired) electrons. The van der Waals surface area contributed by atoms with Crippen molar-refractivity contribution in [1.29, 1.82) is 0 Å². The summed E-state index contributed by atoms with van der Waals surface area (Å²) in [6.45, 7) is -1.62. The maximum atomic E-state index is 13.0. The van der Waals surface area contributed by atoms with Gasteiger partial charge in [0.1, 0.15) is 5.75 Å². The van der Waals surface area contributed by atoms with E-state index in [0.29, 0.717) is 0 Å². The molecule has 30 heavy (non-hydrogen) atoms. The lowest BCUT2D eigenvalue weighted by molar-refractivity contribution is -0.384. The number of hydrogen-bond acceptors (Lipinski definition) is 5. The van der Waals surface area contributed by atoms with Gasteiger partial charge in [-0.1, -0.05) is 24.3 Å². The lowest BCUT2D eigenvalue weighted by Crippen LogP contribution is -2.46. The van der Waals surface area contributed by atoms with Crippen LogP contribution < -0.4 is 20.7 Å². The van der Waals surface area contributed by atoms with Crippen molar-refractivity contribution < 1.29 is 28.0 Å². The molecular formula is C19H16F2N4O5. The van der Waals surface area contributed by atoms with Crippen molar-refractivity contribution in [2.75, 3.05) is 5.32 Å². The maximum Gasteiger partial charge on any atom is 0.387 e. The smallest absolute Gasteiger partial charge is 0.387 e. The van der Waals surface area contributed by atoms with Crippen LogP contribution in [0.25, 0.3) is 0 Å². The quantitative estimate of drug-likeness (QED) is 0.490. The molecule has 9 nitrogen and oxygen atoms in total. The first-order valence-electron chi connectivity index (χ1n) is 8.64. The minimum absolute atomic E-state index is 0.0337. The van der Waals surface area contributed by atoms with Gasteiger partial charge in [-0.05, 0) is 19.1 Å². The van der Waals surface area contributed by atoms with E-state index in [-0.39, 0.29) is 34.0 Å². The summed E-state index contributed by atoms with van der Waals surface area (Å²) in [7, 11) is 0. The third-order valence-electron chi connectivity index (χ3n) is 4.27. The molecule has 2 aromatic carbocycles. The van der Waals surface area contributed by atoms with Crippen LogP contribution in [0.15, 0.2) is 59.8 Å². The van der Waals surface area contributed by atoms with Crippen LogP contribution >= 0.6 is 0 Å². The summed E-state index contributed by atoms with van der Waals surface area (Å²) in [5, 5.41) is 18.5. The van der Waals surface area contributed by atoms with Gasteiger partial charge in [-0.15, -0.1) is 0 Å². The largest absolute Gasteiger partial charge is 0.434 e. The second kappa shape index (κ2) is 8.55. The van der Waals surface area contributed by atoms with Crippen LogP contribution in [0.2, 0.25) is 0 Å². The number of nitro groups is 1. The number of nitrogens with one attached hydrogen (secondary N) is 3. The Labute approximate surface area is 168 Å². The normalized spacial score (nSPS) is 16.0. The van der Waals surface area contributed by atoms with Crippen molar-refractivity contribution in [3.05, 3.63) is 75.5 Å². The van der Waals surface area contributed by atoms with Crippen LogP contribution in [0, 0.1) is 10.1 Å². The van der Waals surface area contributed by atoms with Gasteiger partial charge in [0.05, 0.1) is 16.5 Å². The van der Waals surface area contributed by atoms with Crippen LogP contribution in [-0.4, -0.2) is 23.5 Å². The van der Waals surface area contributed by atoms with E-state index in [0.717, 1.165) is 0 Å². The molecule has 1 heterocycles. The van der Waals surface area contributed by atoms with E-state index in [1.165, 1.54) is 49.4 Å². The second-order valence-corrected chi connectivity index (χ2v) is 6.25. The van der Waals surface area contributed by atoms with Gasteiger partial charge < -0.3 is 20.7 Å². The van der Waals surface area contributed by atoms with Crippen molar-refractivity contribution in [2.45, 2.75) is 19.6 Å². The van der Waals surface area contributed by atoms with E-state index in [1.54, 1.807) is 6.07 Å². The lowest BCUT2D eigenvalue weighted by atomic mass is 9.94. The van der Waals surface area contributed by atoms with E-state index in [4.69, 9.17) is 0 Å². The van der Waals surface area contributed by atoms with Crippen molar-refractivity contribution in [2.24, 2.45) is 0 Å². The molecule has 11 heteroatoms. The van der Waals surface area contributed by atoms with Gasteiger partial charge in [-0.2, -0.15) is 8.78 Å². The standard InChI is InChI=1S/C19H16F2N4O5/c1-10-15(17(26)23-11-5-4-6-12(9-11)25(28)29)16(24-19(27)22-10)13-7-2-3-8-14(13)30-18(20)21/h2-9,16,18H,1H3,(H,23,26)(H2,22,24,27). The summed E-state index contributed by atoms with van der Waals surface area (Å²) in [5.74, 6) is -0.884. The highest BCUT2D eigenvalue weighted by Gasteiger charge is 2.33. The molecule has 0 bridgehead atoms. The fourth-order valence-corrected chi connectivity index (χ4v) is 3.05. The Morgan fingerprint density at radius 1 is 1.23 bits per heavy atom. The average molecular weight is 418 g/mol. The van der Waals surface area contributed by atoms with E-state index < -0.39 is 29.5 Å². The summed E-state index contributed by atoms with van der Waals surface area (Å²) < 4.78 is 30.1. The molecule has 2 aromatic rings. The Hall–Kier alpha value is -4.02. The predicted octanol–water partition coefficient (Wildman–Crippen LogP) is 3.46. The Balaban J connectivity index is 1.98. The summed E-state index contributed by atoms with van der Waals surface area (Å²) in [4.78, 5) is 35.3. The summed E-state index contributed by atoms with van der Waals surface area (Å²) in [6, 6.07) is 9.34. The molecular weight excluding hydrogens is 402 g/mol. The van der Waals surface area contributed by atoms with Crippen molar-refractivity contribution >= 4 is 23.3 Å². The van der Waals surface area contributed by atoms with Crippen molar-refractivity contribution in [3.8, 4) is 5.75 Å². The average Bonchev–Trinajstić information content (AvgIpc) is 2.67. The number of rotatable bonds is 6. The molecule has 3 amide bonds. The number of carbonyl (C=O) groups is 2. The van der Waals surface area contributed by atoms with Crippen LogP contribution in [0.1, 0.15) is 18.5 Å². The monoisotopic (exact) mass is 418 g/mol. The number of amides is 3. The molecule has 0 fully saturated rings. The maximum absolute atomic E-state index is 13.0. The number of allylic oxidation sites excluding steroid dienone is 1. The van der Waals surface area contributed by atoms with Crippen molar-refractivity contribution in [3.63, 3.8) is 0 Å². The Kier molecular flexibility index (Phi) is 5.90. The van der Waals surface area contributed by atoms with Crippen LogP contribution in [0.5, 0.6) is 5.75 Å². The van der Waals surface area contributed by atoms with E-state index in [2.05, 4.69) is 20.7 Å². The molecule has 0 aliphatic carbocycles. The summed E-state index contributed by atoms with van der Waals surface area (Å²) >= 11 is 0. The van der Waals surface area contributed by atoms with Crippen LogP contribution in [-0.2, 0) is 4.79 Å². The number of non-ortho nitro benzene ring substituents is 1. The van der Waals surface area contributed by atoms with Gasteiger partial charge in [0.15, 0.2) is 0 Å². The highest BCUT2D eigenvalue weighted by molar-refractivity contribution is 6.07. The number of urea groups is 1. The lowest BCUT2D eigenvalue weighted by Gasteiger charge is -2.29. The number of benzene rings is 2. The molecule has 0 saturated carbocycles. The summed E-state index contributed by atoms with van der Waals surface area (Å²) in [5.41, 5.74) is 0.309. The molecule has 0 spiro atoms. The number of alkyl halides is 2. The number of hydrogen-bond donors (Lipinski definition) is 3. The number of nitro benzene ring substituents is 1. The highest BCUT2D eigenvalue weighted by atomic mass is 19.3. The molecule has 1 aliphatic heterocycles. The number of carbonyl (C=O) groups excluding carboxylic acids is 2. The molecule has 0 saturated heterocycles. The second-order valence-electron chi connectivity index (χ2n) is 6.25. The molecule has 1 unspecified atom stereocenters. The van der Waals surface area contributed by atoms with Gasteiger partial charge in [0, 0.05) is 29.1 Å². The first-order valence-corrected chi connectivity index (χ1v) is 8.64. The molecule has 3 rings (SSSR count). The number of para-hydroxylation sites is 1. The highest BCUT2D eigenvalue weighted by Crippen LogP contribution is 2.34. The van der Waals surface area contributed by atoms with E-state index in [1.807, 2.05) is 0 Å². The number of anilines is 1. The molecule has 1 atom stereocenters. The molecule has 156 valence electrons. The third-order valence-corrected chi connectivity index (χ3v) is 4.27. The fraction of sp³-hybridized carbons (Fsp3) is 0.158. The van der Waals surface area contributed by atoms with Crippen molar-refractivity contribution in [1.82, 2.24) is 10.6 Å². The Morgan fingerprint density at radius 2 is 1.97 bits per heavy atom. The zero-order valence-electron chi connectivity index (χ0n) is 15.5. The minimum Gasteiger partial charge on any atom is -0.434 e. The van der Waals surface area contributed by atoms with Gasteiger partial charge >= 0.3 is 12.6 Å². The Morgan fingerprint density at radius 3 is 2.67 bits per heavy atom. The zero-order valence-corrected chi connectivity index (χ0v) is 15.5. The van der Waals surface area contributed by atoms with Gasteiger partial charge in [-0.3, -0.25) is 14.9 Å². The van der Waals surface area contributed by atoms with Crippen LogP contribution in [0.3, 0.4) is 0 Å². The van der Waals surface area contributed by atoms with Crippen LogP contribution in [0.4, 0.5) is 25.0 Å². The zero-order chi connectivity index (χ0) is 21.8. The molecule has 1 aliphatic rings. The number of halogens is 2. The summed E-state index contributed by atoms with van der Waals surface area (Å²) in [6.07, 6.45) is 0. The predicted molar refractivity (Wildman–Crippen MR) is 102 cm³/mol. The first kappa shape index (κ1) is 20.7. The number of nitrogens with zero attached hydrogens (tertiary/aromatic N) is 1. The first-order chi connectivity index (χ1) is 14.3. The minimum atomic E-state index is -3.10. The fourth-order valence-electron chi connectivity index (χ4n) is 3.05. The Bertz CT molecular complexity index is 1040. The van der Waals surface area contributed by atoms with Gasteiger partial charge in [0.2, 0.25) is 0 Å². The van der Waals surface area contributed by atoms with E-state index >= 15 is 0 Å².